The highest BCUT2D eigenvalue weighted by molar-refractivity contribution is 5.95. The van der Waals surface area contributed by atoms with Crippen LogP contribution in [0.5, 0.6) is 0 Å². The molecule has 0 amide bonds. The van der Waals surface area contributed by atoms with Crippen LogP contribution >= 0.6 is 0 Å². The number of rotatable bonds is 6. The minimum absolute atomic E-state index is 0.00640. The Balaban J connectivity index is 2.51. The third-order valence-corrected chi connectivity index (χ3v) is 3.77. The summed E-state index contributed by atoms with van der Waals surface area (Å²) in [6, 6.07) is 6.84. The third-order valence-electron chi connectivity index (χ3n) is 3.77. The summed E-state index contributed by atoms with van der Waals surface area (Å²) in [5.41, 5.74) is 0.454. The summed E-state index contributed by atoms with van der Waals surface area (Å²) in [5, 5.41) is 0.415. The van der Waals surface area contributed by atoms with E-state index in [-0.39, 0.29) is 17.7 Å². The second-order valence-corrected chi connectivity index (χ2v) is 5.37. The highest BCUT2D eigenvalue weighted by Crippen LogP contribution is 2.19. The fourth-order valence-corrected chi connectivity index (χ4v) is 2.43. The standard InChI is InChI=1S/C19H19NO6/c1-5-15-13(18(22)12-8-6-7-9-16(12)26-15)11-20(2)14(19(23)25-4)10-17(21)24-3/h5-10H,1,11H2,2-4H3/b14-10+. The molecule has 1 heterocycles. The zero-order valence-corrected chi connectivity index (χ0v) is 14.8. The molecule has 0 aliphatic heterocycles. The third kappa shape index (κ3) is 3.83. The molecular formula is C19H19NO6. The highest BCUT2D eigenvalue weighted by Gasteiger charge is 2.21. The molecule has 0 saturated carbocycles. The van der Waals surface area contributed by atoms with Gasteiger partial charge in [-0.25, -0.2) is 9.59 Å². The zero-order valence-electron chi connectivity index (χ0n) is 14.8. The molecule has 0 N–H and O–H groups in total. The van der Waals surface area contributed by atoms with Crippen molar-refractivity contribution in [3.05, 3.63) is 64.2 Å². The topological polar surface area (TPSA) is 86.0 Å². The number of carbonyl (C=O) groups is 2. The van der Waals surface area contributed by atoms with Gasteiger partial charge in [-0.1, -0.05) is 18.7 Å². The van der Waals surface area contributed by atoms with E-state index in [4.69, 9.17) is 9.15 Å². The van der Waals surface area contributed by atoms with E-state index in [1.165, 1.54) is 25.2 Å². The highest BCUT2D eigenvalue weighted by atomic mass is 16.5. The Hall–Kier alpha value is -3.35. The molecule has 26 heavy (non-hydrogen) atoms. The summed E-state index contributed by atoms with van der Waals surface area (Å²) >= 11 is 0. The Kier molecular flexibility index (Phi) is 5.95. The fourth-order valence-electron chi connectivity index (χ4n) is 2.43. The van der Waals surface area contributed by atoms with Crippen LogP contribution in [-0.4, -0.2) is 38.1 Å². The van der Waals surface area contributed by atoms with Crippen LogP contribution in [0.4, 0.5) is 0 Å². The van der Waals surface area contributed by atoms with E-state index in [0.29, 0.717) is 22.3 Å². The predicted octanol–water partition coefficient (Wildman–Crippen LogP) is 2.10. The first-order chi connectivity index (χ1) is 12.4. The normalized spacial score (nSPS) is 11.1. The second-order valence-electron chi connectivity index (χ2n) is 5.37. The van der Waals surface area contributed by atoms with Crippen LogP contribution in [0, 0.1) is 0 Å². The lowest BCUT2D eigenvalue weighted by Crippen LogP contribution is -2.28. The van der Waals surface area contributed by atoms with Gasteiger partial charge in [0.15, 0.2) is 5.43 Å². The smallest absolute Gasteiger partial charge is 0.354 e. The Labute approximate surface area is 150 Å². The van der Waals surface area contributed by atoms with Gasteiger partial charge in [-0.2, -0.15) is 0 Å². The van der Waals surface area contributed by atoms with Crippen LogP contribution < -0.4 is 5.43 Å². The van der Waals surface area contributed by atoms with Crippen molar-refractivity contribution in [2.45, 2.75) is 6.54 Å². The summed E-state index contributed by atoms with van der Waals surface area (Å²) in [6.45, 7) is 3.68. The molecule has 0 bridgehead atoms. The van der Waals surface area contributed by atoms with Gasteiger partial charge in [-0.05, 0) is 18.2 Å². The van der Waals surface area contributed by atoms with Gasteiger partial charge in [0.05, 0.1) is 37.8 Å². The number of hydrogen-bond acceptors (Lipinski definition) is 7. The summed E-state index contributed by atoms with van der Waals surface area (Å²) in [4.78, 5) is 37.8. The average molecular weight is 357 g/mol. The van der Waals surface area contributed by atoms with Crippen molar-refractivity contribution < 1.29 is 23.5 Å². The second kappa shape index (κ2) is 8.15. The van der Waals surface area contributed by atoms with E-state index < -0.39 is 11.9 Å². The maximum absolute atomic E-state index is 12.8. The van der Waals surface area contributed by atoms with E-state index in [1.807, 2.05) is 0 Å². The monoisotopic (exact) mass is 357 g/mol. The van der Waals surface area contributed by atoms with Crippen molar-refractivity contribution >= 4 is 29.0 Å². The summed E-state index contributed by atoms with van der Waals surface area (Å²) in [5.74, 6) is -1.15. The van der Waals surface area contributed by atoms with Crippen molar-refractivity contribution in [3.63, 3.8) is 0 Å². The number of ether oxygens (including phenoxy) is 2. The molecule has 1 aromatic heterocycles. The van der Waals surface area contributed by atoms with Crippen molar-refractivity contribution in [2.75, 3.05) is 21.3 Å². The number of fused-ring (bicyclic) bond motifs is 1. The van der Waals surface area contributed by atoms with Crippen molar-refractivity contribution in [3.8, 4) is 0 Å². The number of methoxy groups -OCH3 is 2. The van der Waals surface area contributed by atoms with Gasteiger partial charge in [-0.15, -0.1) is 0 Å². The number of likely N-dealkylation sites (N-methyl/N-ethyl adjacent to an activating group) is 1. The van der Waals surface area contributed by atoms with Crippen molar-refractivity contribution in [1.29, 1.82) is 0 Å². The van der Waals surface area contributed by atoms with E-state index >= 15 is 0 Å². The molecule has 2 rings (SSSR count). The van der Waals surface area contributed by atoms with Gasteiger partial charge >= 0.3 is 11.9 Å². The average Bonchev–Trinajstić information content (AvgIpc) is 2.66. The lowest BCUT2D eigenvalue weighted by molar-refractivity contribution is -0.140. The van der Waals surface area contributed by atoms with E-state index in [9.17, 15) is 14.4 Å². The number of benzene rings is 1. The molecule has 0 radical (unpaired) electrons. The molecule has 0 unspecified atom stereocenters. The minimum atomic E-state index is -0.733. The SMILES string of the molecule is C=Cc1oc2ccccc2c(=O)c1CN(C)/C(=C/C(=O)OC)C(=O)OC. The van der Waals surface area contributed by atoms with Gasteiger partial charge < -0.3 is 18.8 Å². The molecule has 1 aromatic carbocycles. The first-order valence-electron chi connectivity index (χ1n) is 7.69. The summed E-state index contributed by atoms with van der Waals surface area (Å²) < 4.78 is 15.0. The van der Waals surface area contributed by atoms with E-state index in [1.54, 1.807) is 31.3 Å². The first-order valence-corrected chi connectivity index (χ1v) is 7.69. The molecule has 136 valence electrons. The largest absolute Gasteiger partial charge is 0.466 e. The van der Waals surface area contributed by atoms with Crippen LogP contribution in [0.3, 0.4) is 0 Å². The van der Waals surface area contributed by atoms with Crippen LogP contribution in [0.15, 0.2) is 51.8 Å². The molecule has 7 nitrogen and oxygen atoms in total. The molecule has 0 fully saturated rings. The van der Waals surface area contributed by atoms with Gasteiger partial charge in [0, 0.05) is 7.05 Å². The fraction of sp³-hybridized carbons (Fsp3) is 0.211. The van der Waals surface area contributed by atoms with Gasteiger partial charge in [0.1, 0.15) is 17.0 Å². The van der Waals surface area contributed by atoms with Gasteiger partial charge in [0.2, 0.25) is 0 Å². The van der Waals surface area contributed by atoms with Crippen LogP contribution in [0.25, 0.3) is 17.0 Å². The van der Waals surface area contributed by atoms with E-state index in [0.717, 1.165) is 6.08 Å². The number of nitrogens with zero attached hydrogens (tertiary/aromatic N) is 1. The Morgan fingerprint density at radius 1 is 1.23 bits per heavy atom. The molecule has 2 aromatic rings. The van der Waals surface area contributed by atoms with Crippen molar-refractivity contribution in [2.24, 2.45) is 0 Å². The summed E-state index contributed by atoms with van der Waals surface area (Å²) in [6.07, 6.45) is 2.43. The number of hydrogen-bond donors (Lipinski definition) is 0. The zero-order chi connectivity index (χ0) is 19.3. The maximum atomic E-state index is 12.8. The molecule has 7 heteroatoms. The lowest BCUT2D eigenvalue weighted by Gasteiger charge is -2.21. The predicted molar refractivity (Wildman–Crippen MR) is 96.2 cm³/mol. The molecule has 0 spiro atoms. The number of esters is 2. The quantitative estimate of drug-likeness (QED) is 0.578. The molecule has 0 aliphatic carbocycles. The van der Waals surface area contributed by atoms with Crippen LogP contribution in [0.1, 0.15) is 11.3 Å². The number of carbonyl (C=O) groups excluding carboxylic acids is 2. The molecule has 0 saturated heterocycles. The Morgan fingerprint density at radius 2 is 1.92 bits per heavy atom. The molecule has 0 atom stereocenters. The first kappa shape index (κ1) is 19.0. The van der Waals surface area contributed by atoms with Gasteiger partial charge in [-0.3, -0.25) is 4.79 Å². The van der Waals surface area contributed by atoms with Crippen LogP contribution in [0.2, 0.25) is 0 Å². The van der Waals surface area contributed by atoms with Gasteiger partial charge in [0.25, 0.3) is 0 Å². The van der Waals surface area contributed by atoms with Crippen molar-refractivity contribution in [1.82, 2.24) is 4.90 Å². The molecule has 0 aliphatic rings. The Morgan fingerprint density at radius 3 is 2.54 bits per heavy atom. The lowest BCUT2D eigenvalue weighted by atomic mass is 10.1. The van der Waals surface area contributed by atoms with E-state index in [2.05, 4.69) is 11.3 Å². The molecular weight excluding hydrogens is 338 g/mol. The Bertz CT molecular complexity index is 941. The van der Waals surface area contributed by atoms with Crippen LogP contribution in [-0.2, 0) is 25.6 Å². The number of para-hydroxylation sites is 1. The maximum Gasteiger partial charge on any atom is 0.354 e. The minimum Gasteiger partial charge on any atom is -0.466 e. The summed E-state index contributed by atoms with van der Waals surface area (Å²) in [7, 11) is 3.94.